The van der Waals surface area contributed by atoms with E-state index in [2.05, 4.69) is 31.5 Å². The van der Waals surface area contributed by atoms with Gasteiger partial charge in [0.05, 0.1) is 14.6 Å². The largest absolute Gasteiger partial charge is 0.320 e. The summed E-state index contributed by atoms with van der Waals surface area (Å²) in [5, 5.41) is 0. The van der Waals surface area contributed by atoms with Gasteiger partial charge in [-0.1, -0.05) is 25.6 Å². The van der Waals surface area contributed by atoms with E-state index in [0.29, 0.717) is 6.54 Å². The molecule has 2 N–H and O–H groups in total. The van der Waals surface area contributed by atoms with E-state index in [9.17, 15) is 0 Å². The van der Waals surface area contributed by atoms with Crippen molar-refractivity contribution >= 4 is 8.07 Å². The van der Waals surface area contributed by atoms with E-state index in [1.165, 1.54) is 0 Å². The molecule has 0 aliphatic rings. The van der Waals surface area contributed by atoms with Gasteiger partial charge in [0.1, 0.15) is 0 Å². The number of nitrogens with two attached hydrogens (primary N) is 1. The minimum atomic E-state index is -0.924. The number of hydrogen-bond acceptors (Lipinski definition) is 1. The molecule has 0 aliphatic heterocycles. The molecule has 2 heteroatoms. The lowest BCUT2D eigenvalue weighted by Gasteiger charge is -2.09. The topological polar surface area (TPSA) is 26.0 Å². The van der Waals surface area contributed by atoms with Crippen LogP contribution in [0.5, 0.6) is 0 Å². The average molecular weight is 141 g/mol. The SMILES string of the molecule is C[Si](C)(C)CC#CCN. The van der Waals surface area contributed by atoms with Crippen LogP contribution in [-0.4, -0.2) is 14.6 Å². The highest BCUT2D eigenvalue weighted by Gasteiger charge is 2.09. The van der Waals surface area contributed by atoms with Gasteiger partial charge in [0.25, 0.3) is 0 Å². The third kappa shape index (κ3) is 7.74. The number of hydrogen-bond donors (Lipinski definition) is 1. The summed E-state index contributed by atoms with van der Waals surface area (Å²) in [6, 6.07) is 1.07. The summed E-state index contributed by atoms with van der Waals surface area (Å²) in [5.74, 6) is 5.93. The quantitative estimate of drug-likeness (QED) is 0.432. The van der Waals surface area contributed by atoms with Gasteiger partial charge in [0, 0.05) is 6.04 Å². The summed E-state index contributed by atoms with van der Waals surface area (Å²) in [5.41, 5.74) is 5.20. The molecular formula is C7H15NSi. The van der Waals surface area contributed by atoms with Crippen molar-refractivity contribution < 1.29 is 0 Å². The molecule has 0 aromatic rings. The molecule has 9 heavy (non-hydrogen) atoms. The first kappa shape index (κ1) is 8.74. The lowest BCUT2D eigenvalue weighted by Crippen LogP contribution is -2.17. The van der Waals surface area contributed by atoms with Crippen LogP contribution in [0.1, 0.15) is 0 Å². The lowest BCUT2D eigenvalue weighted by atomic mass is 10.6. The minimum Gasteiger partial charge on any atom is -0.320 e. The fourth-order valence-corrected chi connectivity index (χ4v) is 1.06. The molecule has 0 fully saturated rings. The molecule has 0 unspecified atom stereocenters. The van der Waals surface area contributed by atoms with Crippen LogP contribution in [0.15, 0.2) is 0 Å². The monoisotopic (exact) mass is 141 g/mol. The highest BCUT2D eigenvalue weighted by atomic mass is 28.3. The maximum atomic E-state index is 5.20. The van der Waals surface area contributed by atoms with Crippen molar-refractivity contribution in [2.75, 3.05) is 6.54 Å². The molecular weight excluding hydrogens is 126 g/mol. The summed E-state index contributed by atoms with van der Waals surface area (Å²) in [6.45, 7) is 7.42. The van der Waals surface area contributed by atoms with Crippen LogP contribution in [0.3, 0.4) is 0 Å². The smallest absolute Gasteiger partial charge is 0.0573 e. The van der Waals surface area contributed by atoms with Crippen LogP contribution in [0.25, 0.3) is 0 Å². The standard InChI is InChI=1S/C7H15NSi/c1-9(2,3)7-5-4-6-8/h6-8H2,1-3H3. The van der Waals surface area contributed by atoms with Gasteiger partial charge in [0.15, 0.2) is 0 Å². The Bertz CT molecular complexity index is 124. The fraction of sp³-hybridized carbons (Fsp3) is 0.714. The van der Waals surface area contributed by atoms with Gasteiger partial charge in [-0.25, -0.2) is 0 Å². The van der Waals surface area contributed by atoms with E-state index in [-0.39, 0.29) is 0 Å². The Balaban J connectivity index is 3.50. The number of rotatable bonds is 1. The molecule has 0 aliphatic carbocycles. The Morgan fingerprint density at radius 2 is 1.78 bits per heavy atom. The Morgan fingerprint density at radius 1 is 1.22 bits per heavy atom. The molecule has 0 heterocycles. The molecule has 0 bridgehead atoms. The van der Waals surface area contributed by atoms with Gasteiger partial charge in [-0.15, -0.1) is 5.92 Å². The van der Waals surface area contributed by atoms with Crippen molar-refractivity contribution in [2.45, 2.75) is 25.7 Å². The van der Waals surface area contributed by atoms with E-state index < -0.39 is 8.07 Å². The molecule has 0 atom stereocenters. The second kappa shape index (κ2) is 3.70. The first-order chi connectivity index (χ1) is 4.06. The van der Waals surface area contributed by atoms with Crippen LogP contribution in [0.4, 0.5) is 0 Å². The predicted molar refractivity (Wildman–Crippen MR) is 45.0 cm³/mol. The molecule has 0 saturated heterocycles. The first-order valence-electron chi connectivity index (χ1n) is 3.22. The van der Waals surface area contributed by atoms with E-state index in [1.54, 1.807) is 0 Å². The van der Waals surface area contributed by atoms with Gasteiger partial charge in [-0.3, -0.25) is 0 Å². The van der Waals surface area contributed by atoms with Crippen LogP contribution in [0.2, 0.25) is 25.7 Å². The van der Waals surface area contributed by atoms with Crippen LogP contribution in [0, 0.1) is 11.8 Å². The predicted octanol–water partition coefficient (Wildman–Crippen LogP) is 1.29. The molecule has 0 saturated carbocycles. The summed E-state index contributed by atoms with van der Waals surface area (Å²) >= 11 is 0. The maximum Gasteiger partial charge on any atom is 0.0573 e. The second-order valence-corrected chi connectivity index (χ2v) is 8.77. The van der Waals surface area contributed by atoms with Crippen molar-refractivity contribution in [1.82, 2.24) is 0 Å². The summed E-state index contributed by atoms with van der Waals surface area (Å²) in [7, 11) is -0.924. The molecule has 52 valence electrons. The molecule has 0 amide bonds. The van der Waals surface area contributed by atoms with E-state index >= 15 is 0 Å². The normalized spacial score (nSPS) is 10.2. The Labute approximate surface area is 58.6 Å². The third-order valence-corrected chi connectivity index (χ3v) is 2.08. The molecule has 0 spiro atoms. The van der Waals surface area contributed by atoms with E-state index in [1.807, 2.05) is 0 Å². The highest BCUT2D eigenvalue weighted by molar-refractivity contribution is 6.76. The first-order valence-corrected chi connectivity index (χ1v) is 6.93. The summed E-state index contributed by atoms with van der Waals surface area (Å²) in [6.07, 6.45) is 0. The zero-order valence-electron chi connectivity index (χ0n) is 6.49. The van der Waals surface area contributed by atoms with Gasteiger partial charge in [-0.2, -0.15) is 0 Å². The van der Waals surface area contributed by atoms with Crippen LogP contribution in [-0.2, 0) is 0 Å². The second-order valence-electron chi connectivity index (χ2n) is 3.30. The lowest BCUT2D eigenvalue weighted by molar-refractivity contribution is 1.30. The highest BCUT2D eigenvalue weighted by Crippen LogP contribution is 2.05. The van der Waals surface area contributed by atoms with Gasteiger partial charge < -0.3 is 5.73 Å². The van der Waals surface area contributed by atoms with Crippen molar-refractivity contribution in [3.05, 3.63) is 0 Å². The van der Waals surface area contributed by atoms with Crippen LogP contribution < -0.4 is 5.73 Å². The fourth-order valence-electron chi connectivity index (χ4n) is 0.400. The van der Waals surface area contributed by atoms with E-state index in [4.69, 9.17) is 5.73 Å². The van der Waals surface area contributed by atoms with E-state index in [0.717, 1.165) is 6.04 Å². The van der Waals surface area contributed by atoms with Gasteiger partial charge in [0.2, 0.25) is 0 Å². The van der Waals surface area contributed by atoms with Gasteiger partial charge >= 0.3 is 0 Å². The summed E-state index contributed by atoms with van der Waals surface area (Å²) < 4.78 is 0. The molecule has 0 radical (unpaired) electrons. The zero-order valence-corrected chi connectivity index (χ0v) is 7.49. The molecule has 0 aromatic heterocycles. The van der Waals surface area contributed by atoms with Crippen molar-refractivity contribution in [1.29, 1.82) is 0 Å². The maximum absolute atomic E-state index is 5.20. The zero-order chi connectivity index (χ0) is 7.33. The Kier molecular flexibility index (Phi) is 3.60. The molecule has 1 nitrogen and oxygen atoms in total. The van der Waals surface area contributed by atoms with Crippen molar-refractivity contribution in [3.8, 4) is 11.8 Å². The van der Waals surface area contributed by atoms with Crippen LogP contribution >= 0.6 is 0 Å². The van der Waals surface area contributed by atoms with Crippen molar-refractivity contribution in [2.24, 2.45) is 5.73 Å². The average Bonchev–Trinajstić information content (AvgIpc) is 1.63. The van der Waals surface area contributed by atoms with Crippen molar-refractivity contribution in [3.63, 3.8) is 0 Å². The third-order valence-electron chi connectivity index (χ3n) is 0.846. The molecule has 0 aromatic carbocycles. The Morgan fingerprint density at radius 3 is 2.11 bits per heavy atom. The molecule has 0 rings (SSSR count). The minimum absolute atomic E-state index is 0.504. The summed E-state index contributed by atoms with van der Waals surface area (Å²) in [4.78, 5) is 0. The Hall–Kier alpha value is -0.263. The van der Waals surface area contributed by atoms with Gasteiger partial charge in [-0.05, 0) is 0 Å².